The minimum absolute atomic E-state index is 0.00444. The van der Waals surface area contributed by atoms with E-state index >= 15 is 0 Å². The number of anilines is 1. The number of rotatable bonds is 5. The number of carbonyl (C=O) groups excluding carboxylic acids is 1. The molecular formula is C20H24N2O3. The number of hydrogen-bond donors (Lipinski definition) is 1. The van der Waals surface area contributed by atoms with Gasteiger partial charge in [-0.2, -0.15) is 0 Å². The summed E-state index contributed by atoms with van der Waals surface area (Å²) in [6.07, 6.45) is 0.801. The fourth-order valence-corrected chi connectivity index (χ4v) is 3.13. The molecule has 5 nitrogen and oxygen atoms in total. The zero-order chi connectivity index (χ0) is 17.8. The normalized spacial score (nSPS) is 13.3. The predicted octanol–water partition coefficient (Wildman–Crippen LogP) is 3.26. The summed E-state index contributed by atoms with van der Waals surface area (Å²) in [6.45, 7) is 6.32. The highest BCUT2D eigenvalue weighted by atomic mass is 16.5. The van der Waals surface area contributed by atoms with E-state index in [9.17, 15) is 4.79 Å². The summed E-state index contributed by atoms with van der Waals surface area (Å²) < 4.78 is 11.4. The van der Waals surface area contributed by atoms with Crippen LogP contribution in [-0.2, 0) is 13.0 Å². The van der Waals surface area contributed by atoms with Crippen LogP contribution in [0.2, 0.25) is 0 Å². The van der Waals surface area contributed by atoms with Gasteiger partial charge in [0.25, 0.3) is 5.91 Å². The molecule has 0 aromatic heterocycles. The summed E-state index contributed by atoms with van der Waals surface area (Å²) in [5.74, 6) is 1.52. The molecule has 132 valence electrons. The molecule has 0 spiro atoms. The van der Waals surface area contributed by atoms with Crippen molar-refractivity contribution in [1.29, 1.82) is 0 Å². The molecule has 0 atom stereocenters. The number of fused-ring (bicyclic) bond motifs is 1. The SMILES string of the molecule is CCOc1cc2c(cc1OCC)CN(C(=O)c1cccc(N)c1)CC2. The van der Waals surface area contributed by atoms with Crippen molar-refractivity contribution >= 4 is 11.6 Å². The Balaban J connectivity index is 1.85. The van der Waals surface area contributed by atoms with E-state index in [1.54, 1.807) is 18.2 Å². The monoisotopic (exact) mass is 340 g/mol. The second kappa shape index (κ2) is 7.47. The van der Waals surface area contributed by atoms with E-state index in [0.717, 1.165) is 23.5 Å². The zero-order valence-corrected chi connectivity index (χ0v) is 14.7. The molecule has 0 aliphatic carbocycles. The van der Waals surface area contributed by atoms with Crippen LogP contribution >= 0.6 is 0 Å². The molecule has 0 unspecified atom stereocenters. The highest BCUT2D eigenvalue weighted by Crippen LogP contribution is 2.34. The molecule has 2 N–H and O–H groups in total. The molecule has 1 aliphatic heterocycles. The first kappa shape index (κ1) is 17.1. The summed E-state index contributed by atoms with van der Waals surface area (Å²) in [5, 5.41) is 0. The Morgan fingerprint density at radius 3 is 2.40 bits per heavy atom. The number of benzene rings is 2. The predicted molar refractivity (Wildman–Crippen MR) is 98.1 cm³/mol. The lowest BCUT2D eigenvalue weighted by Gasteiger charge is -2.30. The van der Waals surface area contributed by atoms with Crippen LogP contribution in [0.3, 0.4) is 0 Å². The van der Waals surface area contributed by atoms with Gasteiger partial charge in [-0.15, -0.1) is 0 Å². The van der Waals surface area contributed by atoms with Crippen molar-refractivity contribution in [2.45, 2.75) is 26.8 Å². The van der Waals surface area contributed by atoms with Crippen LogP contribution in [0, 0.1) is 0 Å². The third-order valence-electron chi connectivity index (χ3n) is 4.30. The van der Waals surface area contributed by atoms with Crippen molar-refractivity contribution in [2.75, 3.05) is 25.5 Å². The molecule has 2 aromatic carbocycles. The molecule has 3 rings (SSSR count). The molecule has 1 amide bonds. The van der Waals surface area contributed by atoms with Gasteiger partial charge in [-0.05, 0) is 61.7 Å². The average Bonchev–Trinajstić information content (AvgIpc) is 2.61. The summed E-state index contributed by atoms with van der Waals surface area (Å²) in [7, 11) is 0. The van der Waals surface area contributed by atoms with Gasteiger partial charge in [-0.1, -0.05) is 6.07 Å². The van der Waals surface area contributed by atoms with Crippen LogP contribution in [0.15, 0.2) is 36.4 Å². The quantitative estimate of drug-likeness (QED) is 0.849. The van der Waals surface area contributed by atoms with E-state index in [1.807, 2.05) is 36.9 Å². The fourth-order valence-electron chi connectivity index (χ4n) is 3.13. The molecule has 1 aliphatic rings. The van der Waals surface area contributed by atoms with Crippen LogP contribution in [0.1, 0.15) is 35.3 Å². The lowest BCUT2D eigenvalue weighted by atomic mass is 9.98. The second-order valence-corrected chi connectivity index (χ2v) is 6.04. The van der Waals surface area contributed by atoms with E-state index in [0.29, 0.717) is 37.6 Å². The smallest absolute Gasteiger partial charge is 0.254 e. The van der Waals surface area contributed by atoms with Crippen LogP contribution in [0.5, 0.6) is 11.5 Å². The molecule has 1 heterocycles. The van der Waals surface area contributed by atoms with Gasteiger partial charge >= 0.3 is 0 Å². The summed E-state index contributed by atoms with van der Waals surface area (Å²) in [4.78, 5) is 14.6. The molecular weight excluding hydrogens is 316 g/mol. The minimum atomic E-state index is 0.00444. The fraction of sp³-hybridized carbons (Fsp3) is 0.350. The average molecular weight is 340 g/mol. The van der Waals surface area contributed by atoms with Gasteiger partial charge in [0.1, 0.15) is 0 Å². The van der Waals surface area contributed by atoms with Crippen molar-refractivity contribution in [1.82, 2.24) is 4.90 Å². The highest BCUT2D eigenvalue weighted by Gasteiger charge is 2.24. The van der Waals surface area contributed by atoms with E-state index in [-0.39, 0.29) is 5.91 Å². The largest absolute Gasteiger partial charge is 0.490 e. The Bertz CT molecular complexity index is 774. The lowest BCUT2D eigenvalue weighted by molar-refractivity contribution is 0.0734. The van der Waals surface area contributed by atoms with E-state index in [1.165, 1.54) is 5.56 Å². The van der Waals surface area contributed by atoms with E-state index < -0.39 is 0 Å². The van der Waals surface area contributed by atoms with Crippen molar-refractivity contribution in [2.24, 2.45) is 0 Å². The van der Waals surface area contributed by atoms with Crippen LogP contribution in [-0.4, -0.2) is 30.6 Å². The Kier molecular flexibility index (Phi) is 5.12. The van der Waals surface area contributed by atoms with Gasteiger partial charge in [0.05, 0.1) is 13.2 Å². The standard InChI is InChI=1S/C20H24N2O3/c1-3-24-18-11-14-8-9-22(13-16(14)12-19(18)25-4-2)20(23)15-6-5-7-17(21)10-15/h5-7,10-12H,3-4,8-9,13,21H2,1-2H3. The summed E-state index contributed by atoms with van der Waals surface area (Å²) >= 11 is 0. The minimum Gasteiger partial charge on any atom is -0.490 e. The van der Waals surface area contributed by atoms with Crippen LogP contribution < -0.4 is 15.2 Å². The summed E-state index contributed by atoms with van der Waals surface area (Å²) in [5.41, 5.74) is 9.34. The molecule has 0 saturated carbocycles. The third-order valence-corrected chi connectivity index (χ3v) is 4.30. The first-order chi connectivity index (χ1) is 12.1. The number of nitrogens with two attached hydrogens (primary N) is 1. The van der Waals surface area contributed by atoms with Gasteiger partial charge in [0.2, 0.25) is 0 Å². The topological polar surface area (TPSA) is 64.8 Å². The Hall–Kier alpha value is -2.69. The second-order valence-electron chi connectivity index (χ2n) is 6.04. The van der Waals surface area contributed by atoms with Crippen LogP contribution in [0.25, 0.3) is 0 Å². The highest BCUT2D eigenvalue weighted by molar-refractivity contribution is 5.95. The molecule has 5 heteroatoms. The number of nitrogen functional groups attached to an aromatic ring is 1. The number of amides is 1. The van der Waals surface area contributed by atoms with Gasteiger partial charge in [0, 0.05) is 24.3 Å². The molecule has 0 radical (unpaired) electrons. The Labute approximate surface area is 148 Å². The molecule has 2 aromatic rings. The maximum absolute atomic E-state index is 12.8. The summed E-state index contributed by atoms with van der Waals surface area (Å²) in [6, 6.07) is 11.2. The molecule has 0 bridgehead atoms. The maximum Gasteiger partial charge on any atom is 0.254 e. The first-order valence-electron chi connectivity index (χ1n) is 8.68. The number of nitrogens with zero attached hydrogens (tertiary/aromatic N) is 1. The van der Waals surface area contributed by atoms with Gasteiger partial charge in [0.15, 0.2) is 11.5 Å². The number of carbonyl (C=O) groups is 1. The molecule has 0 fully saturated rings. The molecule has 25 heavy (non-hydrogen) atoms. The van der Waals surface area contributed by atoms with Crippen molar-refractivity contribution in [3.8, 4) is 11.5 Å². The third kappa shape index (κ3) is 3.71. The lowest BCUT2D eigenvalue weighted by Crippen LogP contribution is -2.36. The van der Waals surface area contributed by atoms with Crippen LogP contribution in [0.4, 0.5) is 5.69 Å². The number of ether oxygens (including phenoxy) is 2. The van der Waals surface area contributed by atoms with Gasteiger partial charge in [-0.25, -0.2) is 0 Å². The molecule has 0 saturated heterocycles. The van der Waals surface area contributed by atoms with Gasteiger partial charge in [-0.3, -0.25) is 4.79 Å². The first-order valence-corrected chi connectivity index (χ1v) is 8.68. The maximum atomic E-state index is 12.8. The van der Waals surface area contributed by atoms with Crippen molar-refractivity contribution in [3.05, 3.63) is 53.1 Å². The Morgan fingerprint density at radius 1 is 1.08 bits per heavy atom. The number of hydrogen-bond acceptors (Lipinski definition) is 4. The van der Waals surface area contributed by atoms with E-state index in [4.69, 9.17) is 15.2 Å². The Morgan fingerprint density at radius 2 is 1.76 bits per heavy atom. The van der Waals surface area contributed by atoms with Gasteiger partial charge < -0.3 is 20.1 Å². The zero-order valence-electron chi connectivity index (χ0n) is 14.7. The van der Waals surface area contributed by atoms with Crippen molar-refractivity contribution < 1.29 is 14.3 Å². The van der Waals surface area contributed by atoms with Crippen molar-refractivity contribution in [3.63, 3.8) is 0 Å². The van der Waals surface area contributed by atoms with E-state index in [2.05, 4.69) is 0 Å².